The van der Waals surface area contributed by atoms with Crippen LogP contribution in [0, 0.1) is 11.6 Å². The summed E-state index contributed by atoms with van der Waals surface area (Å²) in [4.78, 5) is -1.80. The monoisotopic (exact) mass is 558 g/mol. The largest absolute Gasteiger partial charge is 0.314 e. The number of aryl methyl sites for hydroxylation is 2. The molecule has 0 fully saturated rings. The lowest BCUT2D eigenvalue weighted by atomic mass is 10.0. The minimum absolute atomic E-state index is 0.582. The van der Waals surface area contributed by atoms with E-state index in [4.69, 9.17) is 0 Å². The van der Waals surface area contributed by atoms with Crippen molar-refractivity contribution in [3.8, 4) is 0 Å². The summed E-state index contributed by atoms with van der Waals surface area (Å²) in [5.41, 5.74) is 1.23. The second kappa shape index (κ2) is 15.5. The molecule has 0 aliphatic rings. The Morgan fingerprint density at radius 3 is 1.27 bits per heavy atom. The van der Waals surface area contributed by atoms with Crippen molar-refractivity contribution >= 4 is 20.2 Å². The molecule has 9 heteroatoms. The van der Waals surface area contributed by atoms with Crippen molar-refractivity contribution in [1.82, 2.24) is 0 Å². The first kappa shape index (κ1) is 31.4. The fourth-order valence-electron chi connectivity index (χ4n) is 4.22. The molecular weight excluding hydrogens is 518 g/mol. The topological polar surface area (TPSA) is 77.5 Å². The van der Waals surface area contributed by atoms with Gasteiger partial charge in [0.15, 0.2) is 0 Å². The molecule has 0 unspecified atom stereocenters. The average molecular weight is 559 g/mol. The standard InChI is InChI=1S/C28H40F2O5S2/c1-3-5-7-9-11-13-15-23-17-19-27(25(29)21-23)36(31,32)35-37(33,34)28-20-18-24(22-26(28)30)16-14-12-10-8-6-4-2/h17-22H,3-16H2,1-2H3. The van der Waals surface area contributed by atoms with Crippen LogP contribution < -0.4 is 0 Å². The van der Waals surface area contributed by atoms with Crippen LogP contribution in [0.2, 0.25) is 0 Å². The molecule has 2 rings (SSSR count). The van der Waals surface area contributed by atoms with Crippen molar-refractivity contribution in [2.45, 2.75) is 114 Å². The van der Waals surface area contributed by atoms with Crippen molar-refractivity contribution in [2.75, 3.05) is 0 Å². The van der Waals surface area contributed by atoms with Crippen LogP contribution >= 0.6 is 0 Å². The molecule has 0 heterocycles. The molecule has 0 aliphatic heterocycles. The minimum atomic E-state index is -5.03. The third-order valence-electron chi connectivity index (χ3n) is 6.35. The highest BCUT2D eigenvalue weighted by atomic mass is 32.3. The molecule has 0 amide bonds. The Morgan fingerprint density at radius 1 is 0.568 bits per heavy atom. The Labute approximate surface area is 221 Å². The summed E-state index contributed by atoms with van der Waals surface area (Å²) in [6, 6.07) is 7.02. The molecule has 0 aliphatic carbocycles. The van der Waals surface area contributed by atoms with E-state index in [0.717, 1.165) is 88.5 Å². The fraction of sp³-hybridized carbons (Fsp3) is 0.571. The number of unbranched alkanes of at least 4 members (excludes halogenated alkanes) is 10. The van der Waals surface area contributed by atoms with E-state index in [1.807, 2.05) is 0 Å². The summed E-state index contributed by atoms with van der Waals surface area (Å²) in [5.74, 6) is -2.21. The van der Waals surface area contributed by atoms with Crippen LogP contribution in [-0.2, 0) is 36.7 Å². The van der Waals surface area contributed by atoms with Gasteiger partial charge in [-0.1, -0.05) is 90.2 Å². The maximum Gasteiger partial charge on any atom is 0.314 e. The first-order valence-electron chi connectivity index (χ1n) is 13.4. The van der Waals surface area contributed by atoms with E-state index < -0.39 is 41.7 Å². The number of hydrogen-bond acceptors (Lipinski definition) is 5. The summed E-state index contributed by atoms with van der Waals surface area (Å²) >= 11 is 0. The maximum atomic E-state index is 14.6. The van der Waals surface area contributed by atoms with E-state index >= 15 is 0 Å². The zero-order valence-corrected chi connectivity index (χ0v) is 23.6. The van der Waals surface area contributed by atoms with Gasteiger partial charge in [0.2, 0.25) is 0 Å². The van der Waals surface area contributed by atoms with Crippen molar-refractivity contribution in [1.29, 1.82) is 0 Å². The SMILES string of the molecule is CCCCCCCCc1ccc(S(=O)(=O)OS(=O)(=O)c2ccc(CCCCCCCC)cc2F)c(F)c1. The predicted molar refractivity (Wildman–Crippen MR) is 142 cm³/mol. The molecule has 37 heavy (non-hydrogen) atoms. The van der Waals surface area contributed by atoms with Crippen molar-refractivity contribution in [2.24, 2.45) is 0 Å². The van der Waals surface area contributed by atoms with Gasteiger partial charge in [0.05, 0.1) is 0 Å². The van der Waals surface area contributed by atoms with Crippen LogP contribution in [0.4, 0.5) is 8.78 Å². The Hall–Kier alpha value is -1.84. The van der Waals surface area contributed by atoms with Crippen LogP contribution in [0.25, 0.3) is 0 Å². The zero-order valence-electron chi connectivity index (χ0n) is 22.0. The highest BCUT2D eigenvalue weighted by Crippen LogP contribution is 2.26. The zero-order chi connectivity index (χ0) is 27.3. The van der Waals surface area contributed by atoms with E-state index in [-0.39, 0.29) is 0 Å². The van der Waals surface area contributed by atoms with Crippen molar-refractivity contribution < 1.29 is 29.2 Å². The van der Waals surface area contributed by atoms with E-state index in [1.54, 1.807) is 0 Å². The quantitative estimate of drug-likeness (QED) is 0.174. The Morgan fingerprint density at radius 2 is 0.919 bits per heavy atom. The first-order valence-corrected chi connectivity index (χ1v) is 16.2. The van der Waals surface area contributed by atoms with Gasteiger partial charge in [-0.2, -0.15) is 16.8 Å². The molecule has 0 aromatic heterocycles. The predicted octanol–water partition coefficient (Wildman–Crippen LogP) is 7.87. The van der Waals surface area contributed by atoms with Crippen molar-refractivity contribution in [3.05, 3.63) is 59.2 Å². The van der Waals surface area contributed by atoms with Crippen LogP contribution in [0.1, 0.15) is 102 Å². The van der Waals surface area contributed by atoms with E-state index in [2.05, 4.69) is 17.5 Å². The second-order valence-electron chi connectivity index (χ2n) is 9.54. The molecule has 0 N–H and O–H groups in total. The van der Waals surface area contributed by atoms with Crippen LogP contribution in [0.5, 0.6) is 0 Å². The Kier molecular flexibility index (Phi) is 13.2. The Bertz CT molecular complexity index is 1100. The van der Waals surface area contributed by atoms with Gasteiger partial charge < -0.3 is 0 Å². The van der Waals surface area contributed by atoms with Crippen LogP contribution in [-0.4, -0.2) is 16.8 Å². The molecule has 0 atom stereocenters. The van der Waals surface area contributed by atoms with Crippen LogP contribution in [0.15, 0.2) is 46.2 Å². The molecule has 2 aromatic carbocycles. The molecule has 208 valence electrons. The summed E-state index contributed by atoms with van der Waals surface area (Å²) < 4.78 is 83.9. The van der Waals surface area contributed by atoms with Gasteiger partial charge in [-0.3, -0.25) is 0 Å². The summed E-state index contributed by atoms with van der Waals surface area (Å²) in [6.45, 7) is 4.27. The number of hydrogen-bond donors (Lipinski definition) is 0. The highest BCUT2D eigenvalue weighted by molar-refractivity contribution is 7.99. The van der Waals surface area contributed by atoms with E-state index in [0.29, 0.717) is 24.0 Å². The third kappa shape index (κ3) is 10.4. The molecule has 0 radical (unpaired) electrons. The van der Waals surface area contributed by atoms with E-state index in [1.165, 1.54) is 25.0 Å². The molecule has 0 spiro atoms. The molecule has 2 aromatic rings. The van der Waals surface area contributed by atoms with Gasteiger partial charge in [0.25, 0.3) is 0 Å². The van der Waals surface area contributed by atoms with Crippen molar-refractivity contribution in [3.63, 3.8) is 0 Å². The summed E-state index contributed by atoms with van der Waals surface area (Å²) in [5, 5.41) is 0. The second-order valence-corrected chi connectivity index (χ2v) is 12.8. The molecule has 0 bridgehead atoms. The first-order chi connectivity index (χ1) is 17.6. The lowest BCUT2D eigenvalue weighted by Gasteiger charge is -2.10. The fourth-order valence-corrected chi connectivity index (χ4v) is 6.81. The summed E-state index contributed by atoms with van der Waals surface area (Å²) in [6.07, 6.45) is 14.0. The summed E-state index contributed by atoms with van der Waals surface area (Å²) in [7, 11) is -10.1. The minimum Gasteiger partial charge on any atom is -0.205 e. The number of benzene rings is 2. The smallest absolute Gasteiger partial charge is 0.205 e. The Balaban J connectivity index is 2.01. The van der Waals surface area contributed by atoms with Gasteiger partial charge >= 0.3 is 20.2 Å². The normalized spacial score (nSPS) is 12.2. The van der Waals surface area contributed by atoms with Crippen LogP contribution in [0.3, 0.4) is 0 Å². The van der Waals surface area contributed by atoms with E-state index in [9.17, 15) is 25.6 Å². The molecule has 5 nitrogen and oxygen atoms in total. The van der Waals surface area contributed by atoms with Gasteiger partial charge in [0, 0.05) is 0 Å². The van der Waals surface area contributed by atoms with Gasteiger partial charge in [0.1, 0.15) is 21.4 Å². The highest BCUT2D eigenvalue weighted by Gasteiger charge is 2.31. The van der Waals surface area contributed by atoms with Gasteiger partial charge in [-0.15, -0.1) is 3.63 Å². The molecule has 0 saturated carbocycles. The lowest BCUT2D eigenvalue weighted by molar-refractivity contribution is 0.451. The molecular formula is C28H40F2O5S2. The van der Waals surface area contributed by atoms with Gasteiger partial charge in [-0.05, 0) is 61.1 Å². The van der Waals surface area contributed by atoms with Gasteiger partial charge in [-0.25, -0.2) is 8.78 Å². The third-order valence-corrected chi connectivity index (χ3v) is 9.52. The lowest BCUT2D eigenvalue weighted by Crippen LogP contribution is -2.16. The number of rotatable bonds is 18. The molecule has 0 saturated heterocycles. The number of halogens is 2. The maximum absolute atomic E-state index is 14.6. The average Bonchev–Trinajstić information content (AvgIpc) is 2.82.